The third-order valence-electron chi connectivity index (χ3n) is 2.00. The van der Waals surface area contributed by atoms with Crippen molar-refractivity contribution < 1.29 is 9.53 Å². The minimum absolute atomic E-state index is 0.0271. The fraction of sp³-hybridized carbons (Fsp3) is 0.909. The first-order chi connectivity index (χ1) is 7.31. The topological polar surface area (TPSA) is 50.4 Å². The van der Waals surface area contributed by atoms with E-state index in [0.29, 0.717) is 6.73 Å². The Morgan fingerprint density at radius 2 is 1.80 bits per heavy atom. The molecule has 0 spiro atoms. The molecule has 1 amide bonds. The highest BCUT2D eigenvalue weighted by atomic mass is 16.5. The van der Waals surface area contributed by atoms with Gasteiger partial charge in [-0.15, -0.1) is 0 Å². The molecular formula is C11H24N2O2. The van der Waals surface area contributed by atoms with Crippen molar-refractivity contribution in [3.05, 3.63) is 0 Å². The number of nitrogens with one attached hydrogen (secondary N) is 2. The average Bonchev–Trinajstić information content (AvgIpc) is 2.23. The summed E-state index contributed by atoms with van der Waals surface area (Å²) in [5.41, 5.74) is 0. The molecule has 0 radical (unpaired) electrons. The molecule has 15 heavy (non-hydrogen) atoms. The van der Waals surface area contributed by atoms with E-state index in [4.69, 9.17) is 4.74 Å². The van der Waals surface area contributed by atoms with Crippen molar-refractivity contribution in [2.75, 3.05) is 26.4 Å². The van der Waals surface area contributed by atoms with Crippen LogP contribution in [-0.4, -0.2) is 32.3 Å². The normalized spacial score (nSPS) is 10.3. The maximum Gasteiger partial charge on any atom is 0.246 e. The van der Waals surface area contributed by atoms with Crippen LogP contribution >= 0.6 is 0 Å². The van der Waals surface area contributed by atoms with E-state index in [0.717, 1.165) is 32.4 Å². The Morgan fingerprint density at radius 1 is 1.13 bits per heavy atom. The summed E-state index contributed by atoms with van der Waals surface area (Å²) in [6.07, 6.45) is 4.44. The molecule has 0 heterocycles. The Bertz CT molecular complexity index is 152. The second-order valence-electron chi connectivity index (χ2n) is 3.55. The van der Waals surface area contributed by atoms with E-state index < -0.39 is 0 Å². The summed E-state index contributed by atoms with van der Waals surface area (Å²) in [5.74, 6) is -0.0271. The van der Waals surface area contributed by atoms with Gasteiger partial charge in [0.2, 0.25) is 5.91 Å². The standard InChI is InChI=1S/C11H24N2O2/c1-3-5-7-12-10-15-9-11(14)13-8-6-4-2/h12H,3-10H2,1-2H3,(H,13,14). The van der Waals surface area contributed by atoms with Crippen molar-refractivity contribution in [1.29, 1.82) is 0 Å². The highest BCUT2D eigenvalue weighted by Gasteiger charge is 1.98. The van der Waals surface area contributed by atoms with Gasteiger partial charge in [0.1, 0.15) is 6.61 Å². The molecule has 0 aromatic heterocycles. The monoisotopic (exact) mass is 216 g/mol. The molecule has 0 aliphatic heterocycles. The first kappa shape index (κ1) is 14.4. The second kappa shape index (κ2) is 11.5. The van der Waals surface area contributed by atoms with Crippen LogP contribution in [0.15, 0.2) is 0 Å². The summed E-state index contributed by atoms with van der Waals surface area (Å²) in [7, 11) is 0. The van der Waals surface area contributed by atoms with Gasteiger partial charge in [0.25, 0.3) is 0 Å². The molecule has 0 saturated heterocycles. The second-order valence-corrected chi connectivity index (χ2v) is 3.55. The number of ether oxygens (including phenoxy) is 1. The van der Waals surface area contributed by atoms with Gasteiger partial charge in [0.15, 0.2) is 0 Å². The first-order valence-electron chi connectivity index (χ1n) is 5.86. The van der Waals surface area contributed by atoms with Gasteiger partial charge in [0, 0.05) is 6.54 Å². The molecule has 0 aliphatic carbocycles. The maximum atomic E-state index is 11.1. The van der Waals surface area contributed by atoms with Gasteiger partial charge in [-0.3, -0.25) is 10.1 Å². The number of unbranched alkanes of at least 4 members (excludes halogenated alkanes) is 2. The van der Waals surface area contributed by atoms with E-state index in [2.05, 4.69) is 24.5 Å². The van der Waals surface area contributed by atoms with Gasteiger partial charge >= 0.3 is 0 Å². The zero-order valence-electron chi connectivity index (χ0n) is 9.97. The maximum absolute atomic E-state index is 11.1. The molecule has 4 heteroatoms. The summed E-state index contributed by atoms with van der Waals surface area (Å²) in [5, 5.41) is 5.90. The molecule has 0 unspecified atom stereocenters. The highest BCUT2D eigenvalue weighted by molar-refractivity contribution is 5.77. The van der Waals surface area contributed by atoms with Crippen molar-refractivity contribution in [1.82, 2.24) is 10.6 Å². The predicted molar refractivity (Wildman–Crippen MR) is 61.6 cm³/mol. The first-order valence-corrected chi connectivity index (χ1v) is 5.86. The molecule has 0 atom stereocenters. The van der Waals surface area contributed by atoms with Gasteiger partial charge in [-0.05, 0) is 19.4 Å². The van der Waals surface area contributed by atoms with E-state index >= 15 is 0 Å². The fourth-order valence-corrected chi connectivity index (χ4v) is 1.05. The molecule has 2 N–H and O–H groups in total. The summed E-state index contributed by atoms with van der Waals surface area (Å²) in [6, 6.07) is 0. The van der Waals surface area contributed by atoms with Crippen molar-refractivity contribution in [3.8, 4) is 0 Å². The van der Waals surface area contributed by atoms with Crippen LogP contribution in [0.4, 0.5) is 0 Å². The lowest BCUT2D eigenvalue weighted by atomic mass is 10.3. The Morgan fingerprint density at radius 3 is 2.47 bits per heavy atom. The zero-order valence-corrected chi connectivity index (χ0v) is 9.97. The van der Waals surface area contributed by atoms with Crippen LogP contribution in [-0.2, 0) is 9.53 Å². The molecule has 0 rings (SSSR count). The number of hydrogen-bond donors (Lipinski definition) is 2. The number of amides is 1. The van der Waals surface area contributed by atoms with Crippen LogP contribution in [0.25, 0.3) is 0 Å². The van der Waals surface area contributed by atoms with E-state index in [1.165, 1.54) is 6.42 Å². The molecule has 4 nitrogen and oxygen atoms in total. The molecule has 0 fully saturated rings. The van der Waals surface area contributed by atoms with Crippen molar-refractivity contribution >= 4 is 5.91 Å². The van der Waals surface area contributed by atoms with Gasteiger partial charge in [-0.2, -0.15) is 0 Å². The molecule has 0 saturated carbocycles. The molecule has 90 valence electrons. The van der Waals surface area contributed by atoms with Gasteiger partial charge in [-0.1, -0.05) is 26.7 Å². The minimum atomic E-state index is -0.0271. The Kier molecular flexibility index (Phi) is 11.0. The van der Waals surface area contributed by atoms with Crippen molar-refractivity contribution in [2.24, 2.45) is 0 Å². The largest absolute Gasteiger partial charge is 0.356 e. The third kappa shape index (κ3) is 11.3. The van der Waals surface area contributed by atoms with Crippen LogP contribution in [0.5, 0.6) is 0 Å². The van der Waals surface area contributed by atoms with Crippen LogP contribution < -0.4 is 10.6 Å². The smallest absolute Gasteiger partial charge is 0.246 e. The van der Waals surface area contributed by atoms with E-state index in [9.17, 15) is 4.79 Å². The van der Waals surface area contributed by atoms with E-state index in [-0.39, 0.29) is 12.5 Å². The van der Waals surface area contributed by atoms with Gasteiger partial charge < -0.3 is 10.1 Å². The quantitative estimate of drug-likeness (QED) is 0.427. The van der Waals surface area contributed by atoms with Gasteiger partial charge in [-0.25, -0.2) is 0 Å². The highest BCUT2D eigenvalue weighted by Crippen LogP contribution is 1.84. The summed E-state index contributed by atoms with van der Waals surface area (Å²) in [6.45, 7) is 6.56. The van der Waals surface area contributed by atoms with E-state index in [1.54, 1.807) is 0 Å². The SMILES string of the molecule is CCCCNCOCC(=O)NCCCC. The third-order valence-corrected chi connectivity index (χ3v) is 2.00. The summed E-state index contributed by atoms with van der Waals surface area (Å²) >= 11 is 0. The predicted octanol–water partition coefficient (Wildman–Crippen LogP) is 1.27. The van der Waals surface area contributed by atoms with E-state index in [1.807, 2.05) is 0 Å². The lowest BCUT2D eigenvalue weighted by Gasteiger charge is -2.06. The molecule has 0 aromatic rings. The van der Waals surface area contributed by atoms with Crippen LogP contribution in [0.2, 0.25) is 0 Å². The zero-order chi connectivity index (χ0) is 11.4. The number of carbonyl (C=O) groups excluding carboxylic acids is 1. The Balaban J connectivity index is 3.10. The Labute approximate surface area is 92.8 Å². The Hall–Kier alpha value is -0.610. The molecular weight excluding hydrogens is 192 g/mol. The molecule has 0 aliphatic rings. The number of carbonyl (C=O) groups is 1. The van der Waals surface area contributed by atoms with Crippen LogP contribution in [0, 0.1) is 0 Å². The minimum Gasteiger partial charge on any atom is -0.356 e. The number of hydrogen-bond acceptors (Lipinski definition) is 3. The summed E-state index contributed by atoms with van der Waals surface area (Å²) < 4.78 is 5.15. The number of rotatable bonds is 10. The lowest BCUT2D eigenvalue weighted by molar-refractivity contribution is -0.125. The average molecular weight is 216 g/mol. The van der Waals surface area contributed by atoms with Crippen LogP contribution in [0.3, 0.4) is 0 Å². The molecule has 0 bridgehead atoms. The van der Waals surface area contributed by atoms with Crippen molar-refractivity contribution in [2.45, 2.75) is 39.5 Å². The fourth-order valence-electron chi connectivity index (χ4n) is 1.05. The van der Waals surface area contributed by atoms with Gasteiger partial charge in [0.05, 0.1) is 6.73 Å². The van der Waals surface area contributed by atoms with Crippen molar-refractivity contribution in [3.63, 3.8) is 0 Å². The van der Waals surface area contributed by atoms with Crippen LogP contribution in [0.1, 0.15) is 39.5 Å². The lowest BCUT2D eigenvalue weighted by Crippen LogP contribution is -2.30. The molecule has 0 aromatic carbocycles. The summed E-state index contributed by atoms with van der Waals surface area (Å²) in [4.78, 5) is 11.1.